The Hall–Kier alpha value is -3.53. The first-order valence-corrected chi connectivity index (χ1v) is 12.6. The van der Waals surface area contributed by atoms with Crippen molar-refractivity contribution in [2.45, 2.75) is 5.60 Å². The second-order valence-electron chi connectivity index (χ2n) is 9.11. The number of para-hydroxylation sites is 1. The van der Waals surface area contributed by atoms with Crippen molar-refractivity contribution in [3.63, 3.8) is 0 Å². The van der Waals surface area contributed by atoms with Gasteiger partial charge in [0.15, 0.2) is 10.7 Å². The molecule has 1 saturated heterocycles. The first-order valence-electron chi connectivity index (χ1n) is 12.2. The molecule has 0 amide bonds. The van der Waals surface area contributed by atoms with Crippen molar-refractivity contribution in [3.8, 4) is 11.5 Å². The number of phenolic OH excluding ortho intramolecular Hbond substituents is 1. The molecule has 1 unspecified atom stereocenters. The van der Waals surface area contributed by atoms with Gasteiger partial charge in [-0.1, -0.05) is 30.3 Å². The number of nitrogens with one attached hydrogen (secondary N) is 1. The standard InChI is InChI=1S/C28H28FN3O4S/c29-21-4-3-5-22(18-21)30-27(37)32-14-12-31(13-15-32)16-17-36-28(20-8-10-23(33)11-9-20)19-35-25-7-2-1-6-24(25)26(28)34/h1-11,18,33H,12-17,19H2,(H,30,37). The minimum Gasteiger partial charge on any atom is -0.508 e. The zero-order chi connectivity index (χ0) is 25.8. The molecule has 0 aliphatic carbocycles. The predicted octanol–water partition coefficient (Wildman–Crippen LogP) is 4.03. The summed E-state index contributed by atoms with van der Waals surface area (Å²) >= 11 is 5.51. The number of nitrogens with zero attached hydrogens (tertiary/aromatic N) is 2. The van der Waals surface area contributed by atoms with E-state index < -0.39 is 5.60 Å². The highest BCUT2D eigenvalue weighted by molar-refractivity contribution is 7.80. The van der Waals surface area contributed by atoms with E-state index in [0.717, 1.165) is 26.2 Å². The van der Waals surface area contributed by atoms with E-state index in [4.69, 9.17) is 21.7 Å². The molecule has 192 valence electrons. The van der Waals surface area contributed by atoms with E-state index in [1.165, 1.54) is 12.1 Å². The third-order valence-electron chi connectivity index (χ3n) is 6.75. The zero-order valence-electron chi connectivity index (χ0n) is 20.2. The van der Waals surface area contributed by atoms with Crippen LogP contribution < -0.4 is 10.1 Å². The lowest BCUT2D eigenvalue weighted by atomic mass is 9.84. The lowest BCUT2D eigenvalue weighted by Gasteiger charge is -2.39. The summed E-state index contributed by atoms with van der Waals surface area (Å²) in [6, 6.07) is 19.9. The fraction of sp³-hybridized carbons (Fsp3) is 0.286. The number of piperazine rings is 1. The Morgan fingerprint density at radius 1 is 1.05 bits per heavy atom. The second-order valence-corrected chi connectivity index (χ2v) is 9.49. The number of benzene rings is 3. The number of carbonyl (C=O) groups is 1. The molecule has 9 heteroatoms. The molecule has 0 bridgehead atoms. The number of hydrogen-bond acceptors (Lipinski definition) is 6. The molecule has 2 heterocycles. The minimum absolute atomic E-state index is 0.0570. The van der Waals surface area contributed by atoms with Gasteiger partial charge in [0.05, 0.1) is 12.2 Å². The van der Waals surface area contributed by atoms with Crippen LogP contribution >= 0.6 is 12.2 Å². The maximum atomic E-state index is 13.7. The number of halogens is 1. The lowest BCUT2D eigenvalue weighted by Crippen LogP contribution is -2.52. The molecular formula is C28H28FN3O4S. The van der Waals surface area contributed by atoms with Gasteiger partial charge < -0.3 is 24.8 Å². The second kappa shape index (κ2) is 10.8. The Labute approximate surface area is 220 Å². The maximum Gasteiger partial charge on any atom is 0.206 e. The van der Waals surface area contributed by atoms with Crippen LogP contribution in [0.5, 0.6) is 11.5 Å². The van der Waals surface area contributed by atoms with Crippen molar-refractivity contribution in [1.29, 1.82) is 0 Å². The Morgan fingerprint density at radius 2 is 1.81 bits per heavy atom. The van der Waals surface area contributed by atoms with Crippen LogP contribution in [0.15, 0.2) is 72.8 Å². The molecule has 0 saturated carbocycles. The number of anilines is 1. The fourth-order valence-corrected chi connectivity index (χ4v) is 4.97. The number of fused-ring (bicyclic) bond motifs is 1. The first kappa shape index (κ1) is 25.1. The van der Waals surface area contributed by atoms with Crippen molar-refractivity contribution >= 4 is 28.8 Å². The molecule has 2 N–H and O–H groups in total. The molecule has 2 aliphatic heterocycles. The molecule has 0 radical (unpaired) electrons. The summed E-state index contributed by atoms with van der Waals surface area (Å²) in [4.78, 5) is 18.0. The first-order chi connectivity index (χ1) is 17.9. The van der Waals surface area contributed by atoms with Crippen molar-refractivity contribution < 1.29 is 23.8 Å². The Morgan fingerprint density at radius 3 is 2.57 bits per heavy atom. The van der Waals surface area contributed by atoms with Crippen molar-refractivity contribution in [3.05, 3.63) is 89.7 Å². The number of aromatic hydroxyl groups is 1. The van der Waals surface area contributed by atoms with Crippen molar-refractivity contribution in [1.82, 2.24) is 9.80 Å². The number of phenols is 1. The maximum absolute atomic E-state index is 13.7. The third kappa shape index (κ3) is 5.44. The monoisotopic (exact) mass is 521 g/mol. The summed E-state index contributed by atoms with van der Waals surface area (Å²) in [6.45, 7) is 4.00. The quantitative estimate of drug-likeness (QED) is 0.471. The highest BCUT2D eigenvalue weighted by atomic mass is 32.1. The number of thiocarbonyl (C=S) groups is 1. The normalized spacial score (nSPS) is 19.7. The van der Waals surface area contributed by atoms with E-state index in [0.29, 0.717) is 40.8 Å². The van der Waals surface area contributed by atoms with Gasteiger partial charge in [0.2, 0.25) is 5.78 Å². The summed E-state index contributed by atoms with van der Waals surface area (Å²) in [7, 11) is 0. The van der Waals surface area contributed by atoms with Crippen LogP contribution in [0.25, 0.3) is 0 Å². The van der Waals surface area contributed by atoms with E-state index in [1.807, 2.05) is 6.07 Å². The zero-order valence-corrected chi connectivity index (χ0v) is 21.0. The van der Waals surface area contributed by atoms with Crippen LogP contribution in [0.1, 0.15) is 15.9 Å². The molecule has 2 aliphatic rings. The van der Waals surface area contributed by atoms with Gasteiger partial charge in [0.25, 0.3) is 0 Å². The number of ether oxygens (including phenoxy) is 2. The number of carbonyl (C=O) groups excluding carboxylic acids is 1. The van der Waals surface area contributed by atoms with Gasteiger partial charge in [-0.2, -0.15) is 0 Å². The van der Waals surface area contributed by atoms with Gasteiger partial charge >= 0.3 is 0 Å². The van der Waals surface area contributed by atoms with E-state index in [9.17, 15) is 14.3 Å². The number of ketones is 1. The Bertz CT molecular complexity index is 1280. The highest BCUT2D eigenvalue weighted by Crippen LogP contribution is 2.38. The van der Waals surface area contributed by atoms with Gasteiger partial charge in [-0.15, -0.1) is 0 Å². The summed E-state index contributed by atoms with van der Waals surface area (Å²) in [6.07, 6.45) is 0. The van der Waals surface area contributed by atoms with Crippen LogP contribution in [0.4, 0.5) is 10.1 Å². The fourth-order valence-electron chi connectivity index (χ4n) is 4.67. The topological polar surface area (TPSA) is 74.3 Å². The molecule has 37 heavy (non-hydrogen) atoms. The summed E-state index contributed by atoms with van der Waals surface area (Å²) in [5.74, 6) is 0.197. The largest absolute Gasteiger partial charge is 0.508 e. The number of hydrogen-bond donors (Lipinski definition) is 2. The SMILES string of the molecule is O=C1c2ccccc2OCC1(OCCN1CCN(C(=S)Nc2cccc(F)c2)CC1)c1ccc(O)cc1. The van der Waals surface area contributed by atoms with E-state index in [1.54, 1.807) is 54.6 Å². The van der Waals surface area contributed by atoms with E-state index >= 15 is 0 Å². The van der Waals surface area contributed by atoms with Crippen LogP contribution in [0, 0.1) is 5.82 Å². The van der Waals surface area contributed by atoms with E-state index in [-0.39, 0.29) is 24.0 Å². The van der Waals surface area contributed by atoms with Crippen molar-refractivity contribution in [2.24, 2.45) is 0 Å². The van der Waals surface area contributed by atoms with Gasteiger partial charge in [0, 0.05) is 38.4 Å². The van der Waals surface area contributed by atoms with Crippen LogP contribution in [0.2, 0.25) is 0 Å². The number of Topliss-reactive ketones (excluding diaryl/α,β-unsaturated/α-hetero) is 1. The number of rotatable bonds is 6. The molecule has 7 nitrogen and oxygen atoms in total. The molecule has 0 spiro atoms. The summed E-state index contributed by atoms with van der Waals surface area (Å²) in [5.41, 5.74) is 0.458. The Balaban J connectivity index is 1.20. The van der Waals surface area contributed by atoms with Crippen LogP contribution in [-0.2, 0) is 10.3 Å². The average molecular weight is 522 g/mol. The summed E-state index contributed by atoms with van der Waals surface area (Å²) in [5, 5.41) is 13.4. The molecule has 0 aromatic heterocycles. The smallest absolute Gasteiger partial charge is 0.206 e. The molecule has 3 aromatic carbocycles. The van der Waals surface area contributed by atoms with Crippen LogP contribution in [-0.4, -0.2) is 71.7 Å². The van der Waals surface area contributed by atoms with Gasteiger partial charge in [-0.3, -0.25) is 9.69 Å². The van der Waals surface area contributed by atoms with Crippen molar-refractivity contribution in [2.75, 3.05) is 51.3 Å². The molecule has 5 rings (SSSR count). The minimum atomic E-state index is -1.29. The average Bonchev–Trinajstić information content (AvgIpc) is 2.91. The molecule has 1 fully saturated rings. The van der Waals surface area contributed by atoms with Gasteiger partial charge in [0.1, 0.15) is 23.9 Å². The third-order valence-corrected chi connectivity index (χ3v) is 7.11. The van der Waals surface area contributed by atoms with Gasteiger partial charge in [-0.05, 0) is 60.2 Å². The Kier molecular flexibility index (Phi) is 7.36. The molecule has 1 atom stereocenters. The van der Waals surface area contributed by atoms with Gasteiger partial charge in [-0.25, -0.2) is 4.39 Å². The summed E-state index contributed by atoms with van der Waals surface area (Å²) < 4.78 is 25.8. The predicted molar refractivity (Wildman–Crippen MR) is 143 cm³/mol. The van der Waals surface area contributed by atoms with Crippen LogP contribution in [0.3, 0.4) is 0 Å². The molecular weight excluding hydrogens is 493 g/mol. The molecule has 3 aromatic rings. The van der Waals surface area contributed by atoms with E-state index in [2.05, 4.69) is 15.1 Å². The highest BCUT2D eigenvalue weighted by Gasteiger charge is 2.47. The lowest BCUT2D eigenvalue weighted by molar-refractivity contribution is -0.0658.